The number of anilines is 2. The van der Waals surface area contributed by atoms with E-state index in [4.69, 9.17) is 4.74 Å². The van der Waals surface area contributed by atoms with E-state index in [1.54, 1.807) is 13.3 Å². The second kappa shape index (κ2) is 8.96. The predicted octanol–water partition coefficient (Wildman–Crippen LogP) is 4.51. The topological polar surface area (TPSA) is 50.3 Å². The molecular formula is C22H24N4O. The second-order valence-corrected chi connectivity index (χ2v) is 6.31. The van der Waals surface area contributed by atoms with Crippen molar-refractivity contribution < 1.29 is 4.74 Å². The van der Waals surface area contributed by atoms with Gasteiger partial charge in [0.2, 0.25) is 5.95 Å². The third-order valence-electron chi connectivity index (χ3n) is 4.10. The second-order valence-electron chi connectivity index (χ2n) is 6.31. The quantitative estimate of drug-likeness (QED) is 0.599. The minimum Gasteiger partial charge on any atom is -0.497 e. The molecule has 0 bridgehead atoms. The molecule has 27 heavy (non-hydrogen) atoms. The maximum atomic E-state index is 5.30. The van der Waals surface area contributed by atoms with Crippen molar-refractivity contribution >= 4 is 11.6 Å². The number of nitrogens with one attached hydrogen (secondary N) is 1. The molecule has 1 heterocycles. The van der Waals surface area contributed by atoms with Crippen LogP contribution in [0.4, 0.5) is 11.6 Å². The molecule has 1 N–H and O–H groups in total. The van der Waals surface area contributed by atoms with Gasteiger partial charge in [-0.1, -0.05) is 30.3 Å². The maximum Gasteiger partial charge on any atom is 0.227 e. The molecule has 0 aliphatic carbocycles. The highest BCUT2D eigenvalue weighted by Gasteiger charge is 2.05. The molecule has 3 aromatic rings. The summed E-state index contributed by atoms with van der Waals surface area (Å²) in [6.45, 7) is 5.49. The molecule has 0 aliphatic heterocycles. The lowest BCUT2D eigenvalue weighted by Crippen LogP contribution is -2.17. The first-order chi connectivity index (χ1) is 13.2. The Labute approximate surface area is 160 Å². The molecule has 138 valence electrons. The van der Waals surface area contributed by atoms with Crippen LogP contribution in [0.3, 0.4) is 0 Å². The van der Waals surface area contributed by atoms with Crippen LogP contribution in [0.5, 0.6) is 5.75 Å². The van der Waals surface area contributed by atoms with E-state index in [-0.39, 0.29) is 0 Å². The van der Waals surface area contributed by atoms with Gasteiger partial charge in [0.1, 0.15) is 5.75 Å². The van der Waals surface area contributed by atoms with Gasteiger partial charge in [-0.05, 0) is 42.9 Å². The molecule has 0 aliphatic rings. The van der Waals surface area contributed by atoms with Crippen molar-refractivity contribution in [3.8, 4) is 17.0 Å². The van der Waals surface area contributed by atoms with Gasteiger partial charge in [-0.25, -0.2) is 9.97 Å². The van der Waals surface area contributed by atoms with Crippen LogP contribution in [0, 0.1) is 0 Å². The van der Waals surface area contributed by atoms with Crippen molar-refractivity contribution in [1.29, 1.82) is 0 Å². The summed E-state index contributed by atoms with van der Waals surface area (Å²) >= 11 is 0. The number of methoxy groups -OCH3 is 1. The highest BCUT2D eigenvalue weighted by Crippen LogP contribution is 2.23. The number of rotatable bonds is 8. The minimum atomic E-state index is 0.562. The van der Waals surface area contributed by atoms with Crippen molar-refractivity contribution in [1.82, 2.24) is 14.9 Å². The molecule has 5 nitrogen and oxygen atoms in total. The average molecular weight is 360 g/mol. The van der Waals surface area contributed by atoms with Crippen molar-refractivity contribution in [2.75, 3.05) is 26.0 Å². The van der Waals surface area contributed by atoms with E-state index in [0.29, 0.717) is 5.95 Å². The van der Waals surface area contributed by atoms with Gasteiger partial charge in [-0.3, -0.25) is 4.90 Å². The van der Waals surface area contributed by atoms with Gasteiger partial charge in [0.15, 0.2) is 0 Å². The first-order valence-electron chi connectivity index (χ1n) is 8.81. The van der Waals surface area contributed by atoms with Gasteiger partial charge in [0, 0.05) is 30.5 Å². The van der Waals surface area contributed by atoms with Crippen LogP contribution in [-0.2, 0) is 6.54 Å². The molecule has 0 atom stereocenters. The Balaban J connectivity index is 1.77. The van der Waals surface area contributed by atoms with Crippen LogP contribution in [0.2, 0.25) is 0 Å². The van der Waals surface area contributed by atoms with Crippen LogP contribution >= 0.6 is 0 Å². The number of aromatic nitrogens is 2. The Hall–Kier alpha value is -3.18. The highest BCUT2D eigenvalue weighted by molar-refractivity contribution is 5.63. The first-order valence-corrected chi connectivity index (χ1v) is 8.81. The fraction of sp³-hybridized carbons (Fsp3) is 0.182. The SMILES string of the molecule is C=CCN(C)Cc1cccc(Nc2nccc(-c3cccc(OC)c3)n2)c1. The summed E-state index contributed by atoms with van der Waals surface area (Å²) in [5, 5.41) is 3.30. The monoisotopic (exact) mass is 360 g/mol. The number of nitrogens with zero attached hydrogens (tertiary/aromatic N) is 3. The molecular weight excluding hydrogens is 336 g/mol. The van der Waals surface area contributed by atoms with Crippen LogP contribution < -0.4 is 10.1 Å². The summed E-state index contributed by atoms with van der Waals surface area (Å²) in [6, 6.07) is 18.0. The van der Waals surface area contributed by atoms with E-state index >= 15 is 0 Å². The van der Waals surface area contributed by atoms with Crippen molar-refractivity contribution in [2.24, 2.45) is 0 Å². The van der Waals surface area contributed by atoms with E-state index in [0.717, 1.165) is 35.8 Å². The van der Waals surface area contributed by atoms with E-state index in [1.807, 2.05) is 48.5 Å². The minimum absolute atomic E-state index is 0.562. The smallest absolute Gasteiger partial charge is 0.227 e. The number of benzene rings is 2. The Morgan fingerprint density at radius 3 is 2.81 bits per heavy atom. The molecule has 0 fully saturated rings. The van der Waals surface area contributed by atoms with Gasteiger partial charge in [-0.2, -0.15) is 0 Å². The number of hydrogen-bond donors (Lipinski definition) is 1. The molecule has 0 amide bonds. The Morgan fingerprint density at radius 1 is 1.15 bits per heavy atom. The zero-order valence-electron chi connectivity index (χ0n) is 15.7. The van der Waals surface area contributed by atoms with E-state index in [9.17, 15) is 0 Å². The van der Waals surface area contributed by atoms with Crippen LogP contribution in [-0.4, -0.2) is 35.6 Å². The van der Waals surface area contributed by atoms with Crippen molar-refractivity contribution in [2.45, 2.75) is 6.54 Å². The summed E-state index contributed by atoms with van der Waals surface area (Å²) in [7, 11) is 3.73. The lowest BCUT2D eigenvalue weighted by molar-refractivity contribution is 0.364. The zero-order chi connectivity index (χ0) is 19.1. The summed E-state index contributed by atoms with van der Waals surface area (Å²) in [6.07, 6.45) is 3.66. The Morgan fingerprint density at radius 2 is 2.00 bits per heavy atom. The normalized spacial score (nSPS) is 10.6. The van der Waals surface area contributed by atoms with Crippen molar-refractivity contribution in [3.05, 3.63) is 79.0 Å². The third-order valence-corrected chi connectivity index (χ3v) is 4.10. The molecule has 3 rings (SSSR count). The van der Waals surface area contributed by atoms with Crippen LogP contribution in [0.15, 0.2) is 73.4 Å². The average Bonchev–Trinajstić information content (AvgIpc) is 2.69. The lowest BCUT2D eigenvalue weighted by Gasteiger charge is -2.15. The summed E-state index contributed by atoms with van der Waals surface area (Å²) in [5.74, 6) is 1.36. The summed E-state index contributed by atoms with van der Waals surface area (Å²) in [5.41, 5.74) is 4.00. The van der Waals surface area contributed by atoms with Gasteiger partial charge in [0.25, 0.3) is 0 Å². The molecule has 0 spiro atoms. The lowest BCUT2D eigenvalue weighted by atomic mass is 10.1. The van der Waals surface area contributed by atoms with Crippen LogP contribution in [0.25, 0.3) is 11.3 Å². The highest BCUT2D eigenvalue weighted by atomic mass is 16.5. The van der Waals surface area contributed by atoms with Gasteiger partial charge < -0.3 is 10.1 Å². The van der Waals surface area contributed by atoms with Crippen molar-refractivity contribution in [3.63, 3.8) is 0 Å². The molecule has 5 heteroatoms. The Bertz CT molecular complexity index is 910. The van der Waals surface area contributed by atoms with Gasteiger partial charge in [0.05, 0.1) is 12.8 Å². The molecule has 0 unspecified atom stereocenters. The van der Waals surface area contributed by atoms with E-state index < -0.39 is 0 Å². The number of ether oxygens (including phenoxy) is 1. The largest absolute Gasteiger partial charge is 0.497 e. The fourth-order valence-corrected chi connectivity index (χ4v) is 2.84. The number of hydrogen-bond acceptors (Lipinski definition) is 5. The fourth-order valence-electron chi connectivity index (χ4n) is 2.84. The first kappa shape index (κ1) is 18.6. The summed E-state index contributed by atoms with van der Waals surface area (Å²) < 4.78 is 5.30. The van der Waals surface area contributed by atoms with E-state index in [2.05, 4.69) is 45.9 Å². The van der Waals surface area contributed by atoms with Gasteiger partial charge in [-0.15, -0.1) is 6.58 Å². The van der Waals surface area contributed by atoms with E-state index in [1.165, 1.54) is 5.56 Å². The molecule has 1 aromatic heterocycles. The van der Waals surface area contributed by atoms with Crippen LogP contribution in [0.1, 0.15) is 5.56 Å². The molecule has 2 aromatic carbocycles. The number of likely N-dealkylation sites (N-methyl/N-ethyl adjacent to an activating group) is 1. The molecule has 0 saturated carbocycles. The predicted molar refractivity (Wildman–Crippen MR) is 110 cm³/mol. The maximum absolute atomic E-state index is 5.30. The third kappa shape index (κ3) is 5.15. The standard InChI is InChI=1S/C22H24N4O/c1-4-13-26(2)16-17-7-5-9-19(14-17)24-22-23-12-11-21(25-22)18-8-6-10-20(15-18)27-3/h4-12,14-15H,1,13,16H2,2-3H3,(H,23,24,25). The molecule has 0 radical (unpaired) electrons. The zero-order valence-corrected chi connectivity index (χ0v) is 15.7. The summed E-state index contributed by atoms with van der Waals surface area (Å²) in [4.78, 5) is 11.2. The molecule has 0 saturated heterocycles. The van der Waals surface area contributed by atoms with Gasteiger partial charge >= 0.3 is 0 Å². The Kier molecular flexibility index (Phi) is 6.18.